The van der Waals surface area contributed by atoms with Gasteiger partial charge in [-0.05, 0) is 36.6 Å². The molecule has 3 rings (SSSR count). The van der Waals surface area contributed by atoms with Crippen LogP contribution >= 0.6 is 11.6 Å². The van der Waals surface area contributed by atoms with Crippen molar-refractivity contribution in [3.63, 3.8) is 0 Å². The van der Waals surface area contributed by atoms with Gasteiger partial charge in [-0.25, -0.2) is 4.79 Å². The Balaban J connectivity index is 1.53. The molecule has 2 aromatic rings. The molecule has 3 N–H and O–H groups in total. The standard InChI is InChI=1S/C19H21ClN4O3/c20-14-5-3-13(4-6-14)11-23-19(26)24-9-1-2-16(12-24)27-15-7-8-22-17(10-15)18(21)25/h3-8,10,16H,1-2,9,11-12H2,(H2,21,25)(H,23,26). The van der Waals surface area contributed by atoms with Gasteiger partial charge in [0.1, 0.15) is 17.5 Å². The number of carbonyl (C=O) groups is 2. The number of likely N-dealkylation sites (tertiary alicyclic amines) is 1. The van der Waals surface area contributed by atoms with E-state index in [2.05, 4.69) is 10.3 Å². The van der Waals surface area contributed by atoms with E-state index in [1.165, 1.54) is 12.3 Å². The smallest absolute Gasteiger partial charge is 0.317 e. The molecule has 0 spiro atoms. The Morgan fingerprint density at radius 3 is 2.81 bits per heavy atom. The number of ether oxygens (including phenoxy) is 1. The Morgan fingerprint density at radius 1 is 1.30 bits per heavy atom. The number of amides is 3. The lowest BCUT2D eigenvalue weighted by Crippen LogP contribution is -2.48. The maximum Gasteiger partial charge on any atom is 0.317 e. The van der Waals surface area contributed by atoms with Gasteiger partial charge >= 0.3 is 6.03 Å². The van der Waals surface area contributed by atoms with E-state index in [4.69, 9.17) is 22.1 Å². The quantitative estimate of drug-likeness (QED) is 0.822. The highest BCUT2D eigenvalue weighted by Crippen LogP contribution is 2.19. The average Bonchev–Trinajstić information content (AvgIpc) is 2.67. The molecule has 1 aliphatic heterocycles. The van der Waals surface area contributed by atoms with Crippen molar-refractivity contribution in [3.8, 4) is 5.75 Å². The Kier molecular flexibility index (Phi) is 6.13. The number of urea groups is 1. The second-order valence-corrected chi connectivity index (χ2v) is 6.79. The van der Waals surface area contributed by atoms with Crippen LogP contribution in [0.1, 0.15) is 28.9 Å². The summed E-state index contributed by atoms with van der Waals surface area (Å²) in [5, 5.41) is 3.58. The number of nitrogens with two attached hydrogens (primary N) is 1. The molecule has 0 aliphatic carbocycles. The van der Waals surface area contributed by atoms with Gasteiger partial charge in [-0.3, -0.25) is 9.78 Å². The molecule has 1 fully saturated rings. The average molecular weight is 389 g/mol. The molecule has 0 bridgehead atoms. The molecular formula is C19H21ClN4O3. The van der Waals surface area contributed by atoms with E-state index in [1.54, 1.807) is 23.1 Å². The zero-order chi connectivity index (χ0) is 19.2. The van der Waals surface area contributed by atoms with Gasteiger partial charge in [0, 0.05) is 30.4 Å². The number of piperidine rings is 1. The van der Waals surface area contributed by atoms with Crippen LogP contribution < -0.4 is 15.8 Å². The molecule has 142 valence electrons. The minimum Gasteiger partial charge on any atom is -0.488 e. The van der Waals surface area contributed by atoms with Crippen LogP contribution in [0, 0.1) is 0 Å². The summed E-state index contributed by atoms with van der Waals surface area (Å²) < 4.78 is 5.92. The van der Waals surface area contributed by atoms with E-state index >= 15 is 0 Å². The number of rotatable bonds is 5. The Morgan fingerprint density at radius 2 is 2.07 bits per heavy atom. The molecule has 7 nitrogen and oxygen atoms in total. The summed E-state index contributed by atoms with van der Waals surface area (Å²) in [6.07, 6.45) is 3.00. The molecular weight excluding hydrogens is 368 g/mol. The molecule has 0 radical (unpaired) electrons. The number of primary amides is 1. The van der Waals surface area contributed by atoms with Crippen molar-refractivity contribution >= 4 is 23.5 Å². The number of nitrogens with zero attached hydrogens (tertiary/aromatic N) is 2. The summed E-state index contributed by atoms with van der Waals surface area (Å²) in [7, 11) is 0. The first-order valence-electron chi connectivity index (χ1n) is 8.71. The summed E-state index contributed by atoms with van der Waals surface area (Å²) in [6.45, 7) is 1.58. The number of halogens is 1. The molecule has 2 heterocycles. The number of hydrogen-bond acceptors (Lipinski definition) is 4. The van der Waals surface area contributed by atoms with Crippen LogP contribution in [0.25, 0.3) is 0 Å². The normalized spacial score (nSPS) is 16.6. The molecule has 1 unspecified atom stereocenters. The van der Waals surface area contributed by atoms with E-state index in [-0.39, 0.29) is 17.8 Å². The number of hydrogen-bond donors (Lipinski definition) is 2. The minimum absolute atomic E-state index is 0.134. The number of aromatic nitrogens is 1. The van der Waals surface area contributed by atoms with E-state index in [1.807, 2.05) is 12.1 Å². The third-order valence-corrected chi connectivity index (χ3v) is 4.56. The van der Waals surface area contributed by atoms with Crippen molar-refractivity contribution < 1.29 is 14.3 Å². The second-order valence-electron chi connectivity index (χ2n) is 6.35. The summed E-state index contributed by atoms with van der Waals surface area (Å²) >= 11 is 5.87. The Bertz CT molecular complexity index is 813. The van der Waals surface area contributed by atoms with Crippen molar-refractivity contribution in [1.82, 2.24) is 15.2 Å². The van der Waals surface area contributed by atoms with E-state index in [0.717, 1.165) is 18.4 Å². The molecule has 3 amide bonds. The molecule has 1 aromatic carbocycles. The van der Waals surface area contributed by atoms with E-state index < -0.39 is 5.91 Å². The Hall–Kier alpha value is -2.80. The van der Waals surface area contributed by atoms with Crippen LogP contribution in [0.3, 0.4) is 0 Å². The maximum atomic E-state index is 12.4. The summed E-state index contributed by atoms with van der Waals surface area (Å²) in [5.74, 6) is -0.0838. The van der Waals surface area contributed by atoms with Crippen LogP contribution in [0.2, 0.25) is 5.02 Å². The van der Waals surface area contributed by atoms with Gasteiger partial charge in [-0.15, -0.1) is 0 Å². The lowest BCUT2D eigenvalue weighted by Gasteiger charge is -2.33. The van der Waals surface area contributed by atoms with Crippen LogP contribution in [-0.2, 0) is 6.54 Å². The van der Waals surface area contributed by atoms with Crippen LogP contribution in [0.4, 0.5) is 4.79 Å². The first kappa shape index (κ1) is 19.0. The summed E-state index contributed by atoms with van der Waals surface area (Å²) in [5.41, 5.74) is 6.38. The van der Waals surface area contributed by atoms with Crippen LogP contribution in [0.5, 0.6) is 5.75 Å². The first-order chi connectivity index (χ1) is 13.0. The summed E-state index contributed by atoms with van der Waals surface area (Å²) in [4.78, 5) is 29.3. The van der Waals surface area contributed by atoms with Gasteiger partial charge in [0.15, 0.2) is 0 Å². The first-order valence-corrected chi connectivity index (χ1v) is 9.09. The molecule has 1 atom stereocenters. The fourth-order valence-corrected chi connectivity index (χ4v) is 3.05. The zero-order valence-electron chi connectivity index (χ0n) is 14.7. The molecule has 27 heavy (non-hydrogen) atoms. The summed E-state index contributed by atoms with van der Waals surface area (Å²) in [6, 6.07) is 10.4. The lowest BCUT2D eigenvalue weighted by atomic mass is 10.1. The SMILES string of the molecule is NC(=O)c1cc(OC2CCCN(C(=O)NCc3ccc(Cl)cc3)C2)ccn1. The second kappa shape index (κ2) is 8.73. The third-order valence-electron chi connectivity index (χ3n) is 4.31. The molecule has 8 heteroatoms. The number of nitrogens with one attached hydrogen (secondary N) is 1. The van der Waals surface area contributed by atoms with Gasteiger partial charge in [0.25, 0.3) is 5.91 Å². The van der Waals surface area contributed by atoms with Gasteiger partial charge in [0.05, 0.1) is 6.54 Å². The van der Waals surface area contributed by atoms with Crippen molar-refractivity contribution in [2.24, 2.45) is 5.73 Å². The third kappa shape index (κ3) is 5.34. The Labute approximate surface area is 162 Å². The topological polar surface area (TPSA) is 97.6 Å². The molecule has 0 saturated carbocycles. The minimum atomic E-state index is -0.604. The predicted molar refractivity (Wildman–Crippen MR) is 102 cm³/mol. The highest BCUT2D eigenvalue weighted by atomic mass is 35.5. The lowest BCUT2D eigenvalue weighted by molar-refractivity contribution is 0.0981. The highest BCUT2D eigenvalue weighted by molar-refractivity contribution is 6.30. The predicted octanol–water partition coefficient (Wildman–Crippen LogP) is 2.59. The molecule has 1 saturated heterocycles. The van der Waals surface area contributed by atoms with Gasteiger partial charge in [-0.2, -0.15) is 0 Å². The van der Waals surface area contributed by atoms with Crippen molar-refractivity contribution in [2.75, 3.05) is 13.1 Å². The van der Waals surface area contributed by atoms with E-state index in [9.17, 15) is 9.59 Å². The maximum absolute atomic E-state index is 12.4. The largest absolute Gasteiger partial charge is 0.488 e. The van der Waals surface area contributed by atoms with E-state index in [0.29, 0.717) is 30.4 Å². The van der Waals surface area contributed by atoms with Gasteiger partial charge < -0.3 is 20.7 Å². The highest BCUT2D eigenvalue weighted by Gasteiger charge is 2.25. The fourth-order valence-electron chi connectivity index (χ4n) is 2.92. The number of carbonyl (C=O) groups excluding carboxylic acids is 2. The van der Waals surface area contributed by atoms with Gasteiger partial charge in [0.2, 0.25) is 0 Å². The van der Waals surface area contributed by atoms with Crippen LogP contribution in [-0.4, -0.2) is 41.0 Å². The number of pyridine rings is 1. The van der Waals surface area contributed by atoms with Crippen molar-refractivity contribution in [3.05, 3.63) is 58.9 Å². The fraction of sp³-hybridized carbons (Fsp3) is 0.316. The number of benzene rings is 1. The monoisotopic (exact) mass is 388 g/mol. The van der Waals surface area contributed by atoms with Crippen molar-refractivity contribution in [1.29, 1.82) is 0 Å². The van der Waals surface area contributed by atoms with Crippen molar-refractivity contribution in [2.45, 2.75) is 25.5 Å². The zero-order valence-corrected chi connectivity index (χ0v) is 15.5. The van der Waals surface area contributed by atoms with Crippen LogP contribution in [0.15, 0.2) is 42.6 Å². The molecule has 1 aromatic heterocycles. The van der Waals surface area contributed by atoms with Gasteiger partial charge in [-0.1, -0.05) is 23.7 Å². The molecule has 1 aliphatic rings.